The molecule has 0 aliphatic rings. The van der Waals surface area contributed by atoms with Crippen LogP contribution in [0.25, 0.3) is 0 Å². The van der Waals surface area contributed by atoms with Crippen LogP contribution in [0.3, 0.4) is 0 Å². The summed E-state index contributed by atoms with van der Waals surface area (Å²) in [6.45, 7) is 0. The molecule has 0 spiro atoms. The molecule has 3 nitrogen and oxygen atoms in total. The number of halogens is 1. The predicted octanol–water partition coefficient (Wildman–Crippen LogP) is 1.63. The van der Waals surface area contributed by atoms with E-state index in [1.807, 2.05) is 79.8 Å². The number of nitrogens with zero attached hydrogens (tertiary/aromatic N) is 3. The zero-order chi connectivity index (χ0) is 21.4. The molecule has 0 saturated heterocycles. The largest absolute Gasteiger partial charge is 1.00 e. The second-order valence-corrected chi connectivity index (χ2v) is 11.0. The molecular weight excluding hydrogens is 532 g/mol. The van der Waals surface area contributed by atoms with Crippen molar-refractivity contribution in [2.45, 2.75) is 0 Å². The standard InChI is InChI=1S/C25H25N3PS.HI/c1-28(2)20-27-25(30-3)24(19-26)29(21-13-7-4-8-14-21,22-15-9-5-10-16-22)23-17-11-6-12-18-23;/h4-18,20H,1-3H3;1H/q+1;/p-1/b25-24-,27-20?;. The van der Waals surface area contributed by atoms with Gasteiger partial charge in [0, 0.05) is 14.1 Å². The Morgan fingerprint density at radius 3 is 1.52 bits per heavy atom. The maximum absolute atomic E-state index is 10.5. The van der Waals surface area contributed by atoms with Gasteiger partial charge in [-0.05, 0) is 42.7 Å². The Labute approximate surface area is 207 Å². The van der Waals surface area contributed by atoms with Crippen LogP contribution in [0.15, 0.2) is 106 Å². The fourth-order valence-corrected chi connectivity index (χ4v) is 8.53. The molecule has 0 fully saturated rings. The third kappa shape index (κ3) is 5.38. The van der Waals surface area contributed by atoms with E-state index in [2.05, 4.69) is 42.5 Å². The quantitative estimate of drug-likeness (QED) is 0.146. The first-order valence-corrected chi connectivity index (χ1v) is 12.6. The summed E-state index contributed by atoms with van der Waals surface area (Å²) in [6.07, 6.45) is 3.74. The Morgan fingerprint density at radius 1 is 0.839 bits per heavy atom. The molecule has 0 heterocycles. The van der Waals surface area contributed by atoms with E-state index in [0.29, 0.717) is 0 Å². The van der Waals surface area contributed by atoms with E-state index >= 15 is 0 Å². The van der Waals surface area contributed by atoms with Crippen LogP contribution < -0.4 is 39.9 Å². The average Bonchev–Trinajstić information content (AvgIpc) is 2.80. The van der Waals surface area contributed by atoms with Crippen LogP contribution in [0.4, 0.5) is 0 Å². The lowest BCUT2D eigenvalue weighted by Crippen LogP contribution is -3.00. The molecule has 0 aliphatic carbocycles. The molecule has 3 aromatic rings. The van der Waals surface area contributed by atoms with Gasteiger partial charge in [-0.2, -0.15) is 5.26 Å². The summed E-state index contributed by atoms with van der Waals surface area (Å²) >= 11 is 1.52. The van der Waals surface area contributed by atoms with Crippen molar-refractivity contribution in [3.8, 4) is 6.07 Å². The summed E-state index contributed by atoms with van der Waals surface area (Å²) in [4.78, 5) is 6.59. The molecule has 0 amide bonds. The van der Waals surface area contributed by atoms with E-state index in [-0.39, 0.29) is 24.0 Å². The molecule has 0 bridgehead atoms. The van der Waals surface area contributed by atoms with Crippen molar-refractivity contribution in [1.29, 1.82) is 5.26 Å². The van der Waals surface area contributed by atoms with E-state index in [9.17, 15) is 5.26 Å². The van der Waals surface area contributed by atoms with Crippen molar-refractivity contribution in [3.63, 3.8) is 0 Å². The average molecular weight is 557 g/mol. The van der Waals surface area contributed by atoms with Gasteiger partial charge in [0.15, 0.2) is 12.3 Å². The Balaban J connectivity index is 0.00000341. The highest BCUT2D eigenvalue weighted by atomic mass is 127. The van der Waals surface area contributed by atoms with Crippen LogP contribution in [0.5, 0.6) is 0 Å². The van der Waals surface area contributed by atoms with Crippen LogP contribution >= 0.6 is 19.0 Å². The minimum Gasteiger partial charge on any atom is -1.00 e. The van der Waals surface area contributed by atoms with Gasteiger partial charge in [-0.25, -0.2) is 4.99 Å². The lowest BCUT2D eigenvalue weighted by Gasteiger charge is -2.27. The third-order valence-corrected chi connectivity index (χ3v) is 9.72. The molecule has 0 atom stereocenters. The first-order chi connectivity index (χ1) is 14.6. The highest BCUT2D eigenvalue weighted by molar-refractivity contribution is 8.04. The minimum atomic E-state index is -2.43. The Bertz CT molecular complexity index is 966. The molecule has 31 heavy (non-hydrogen) atoms. The van der Waals surface area contributed by atoms with Gasteiger partial charge in [0.2, 0.25) is 5.31 Å². The van der Waals surface area contributed by atoms with Gasteiger partial charge in [-0.1, -0.05) is 54.6 Å². The number of hydrogen-bond acceptors (Lipinski definition) is 3. The number of allylic oxidation sites excluding steroid dienone is 1. The van der Waals surface area contributed by atoms with Gasteiger partial charge in [0.1, 0.15) is 22.0 Å². The van der Waals surface area contributed by atoms with E-state index in [0.717, 1.165) is 26.3 Å². The predicted molar refractivity (Wildman–Crippen MR) is 133 cm³/mol. The molecule has 0 aliphatic heterocycles. The summed E-state index contributed by atoms with van der Waals surface area (Å²) in [5.41, 5.74) is 0. The molecule has 0 saturated carbocycles. The fourth-order valence-electron chi connectivity index (χ4n) is 3.43. The Morgan fingerprint density at radius 2 is 1.23 bits per heavy atom. The topological polar surface area (TPSA) is 39.4 Å². The maximum atomic E-state index is 10.5. The van der Waals surface area contributed by atoms with Crippen LogP contribution in [0.2, 0.25) is 0 Å². The molecule has 6 heteroatoms. The maximum Gasteiger partial charge on any atom is 0.217 e. The lowest BCUT2D eigenvalue weighted by molar-refractivity contribution is -0.00000616. The Kier molecular flexibility index (Phi) is 9.77. The van der Waals surface area contributed by atoms with Gasteiger partial charge in [-0.15, -0.1) is 11.8 Å². The summed E-state index contributed by atoms with van der Waals surface area (Å²) in [5, 5.41) is 15.4. The number of hydrogen-bond donors (Lipinski definition) is 0. The van der Waals surface area contributed by atoms with Crippen molar-refractivity contribution < 1.29 is 24.0 Å². The van der Waals surface area contributed by atoms with Gasteiger partial charge in [0.05, 0.1) is 6.34 Å². The molecule has 158 valence electrons. The number of aliphatic imine (C=N–C) groups is 1. The smallest absolute Gasteiger partial charge is 0.217 e. The molecule has 0 unspecified atom stereocenters. The third-order valence-electron chi connectivity index (χ3n) is 4.67. The van der Waals surface area contributed by atoms with E-state index in [1.165, 1.54) is 11.8 Å². The number of nitriles is 1. The van der Waals surface area contributed by atoms with Crippen LogP contribution in [-0.4, -0.2) is 31.6 Å². The first-order valence-electron chi connectivity index (χ1n) is 9.60. The summed E-state index contributed by atoms with van der Waals surface area (Å²) in [5.74, 6) is 0. The van der Waals surface area contributed by atoms with Crippen molar-refractivity contribution in [1.82, 2.24) is 4.90 Å². The molecule has 0 radical (unpaired) electrons. The van der Waals surface area contributed by atoms with Crippen molar-refractivity contribution in [2.75, 3.05) is 20.4 Å². The molecule has 3 aromatic carbocycles. The molecule has 3 rings (SSSR count). The summed E-state index contributed by atoms with van der Waals surface area (Å²) in [7, 11) is 1.43. The van der Waals surface area contributed by atoms with Crippen molar-refractivity contribution in [3.05, 3.63) is 101 Å². The zero-order valence-corrected chi connectivity index (χ0v) is 21.7. The molecule has 0 aromatic heterocycles. The second-order valence-electron chi connectivity index (χ2n) is 6.86. The van der Waals surface area contributed by atoms with Crippen LogP contribution in [0, 0.1) is 11.3 Å². The highest BCUT2D eigenvalue weighted by Gasteiger charge is 2.51. The number of thioether (sulfide) groups is 1. The minimum absolute atomic E-state index is 0. The van der Waals surface area contributed by atoms with E-state index < -0.39 is 7.26 Å². The SMILES string of the molecule is CS/C(N=CN(C)C)=C(/C#N)[P+](c1ccccc1)(c1ccccc1)c1ccccc1.[I-]. The van der Waals surface area contributed by atoms with Crippen molar-refractivity contribution >= 4 is 41.3 Å². The first kappa shape index (κ1) is 25.1. The van der Waals surface area contributed by atoms with Gasteiger partial charge >= 0.3 is 0 Å². The fraction of sp³-hybridized carbons (Fsp3) is 0.120. The number of rotatable bonds is 7. The Hall–Kier alpha value is -2.13. The highest BCUT2D eigenvalue weighted by Crippen LogP contribution is 2.63. The van der Waals surface area contributed by atoms with Gasteiger partial charge < -0.3 is 28.9 Å². The lowest BCUT2D eigenvalue weighted by atomic mass is 10.4. The van der Waals surface area contributed by atoms with Gasteiger partial charge in [-0.3, -0.25) is 0 Å². The molecule has 0 N–H and O–H groups in total. The molecular formula is C25H25IN3PS. The normalized spacial score (nSPS) is 11.9. The number of benzene rings is 3. The van der Waals surface area contributed by atoms with Gasteiger partial charge in [0.25, 0.3) is 0 Å². The van der Waals surface area contributed by atoms with E-state index in [1.54, 1.807) is 6.34 Å². The van der Waals surface area contributed by atoms with Crippen LogP contribution in [-0.2, 0) is 0 Å². The monoisotopic (exact) mass is 557 g/mol. The summed E-state index contributed by atoms with van der Waals surface area (Å²) < 4.78 is 0. The second kappa shape index (κ2) is 12.0. The van der Waals surface area contributed by atoms with Crippen molar-refractivity contribution in [2.24, 2.45) is 4.99 Å². The zero-order valence-electron chi connectivity index (χ0n) is 17.8. The van der Waals surface area contributed by atoms with Crippen LogP contribution in [0.1, 0.15) is 0 Å². The van der Waals surface area contributed by atoms with E-state index in [4.69, 9.17) is 4.99 Å². The summed E-state index contributed by atoms with van der Waals surface area (Å²) in [6, 6.07) is 33.8.